The van der Waals surface area contributed by atoms with Gasteiger partial charge in [0.15, 0.2) is 0 Å². The number of para-hydroxylation sites is 6. The molecule has 1 unspecified atom stereocenters. The molecular formula is C66H45N5. The van der Waals surface area contributed by atoms with Gasteiger partial charge in [0, 0.05) is 93.5 Å². The smallest absolute Gasteiger partial charge is 0.0638 e. The van der Waals surface area contributed by atoms with Crippen LogP contribution in [0.1, 0.15) is 30.1 Å². The SMILES string of the molecule is C1=Cc2c(n(-c3cccc(-n4c5ccccc5c5cc6c(cc54)c4ccccc4n6-c4ccccc4)c3)c3c2ccc2c3c3ccccc3n2C2=CC(n3c4ccccc4c4ccccc43)CC=C2)CC1. The number of aromatic nitrogens is 5. The van der Waals surface area contributed by atoms with Crippen molar-refractivity contribution in [3.63, 3.8) is 0 Å². The first-order valence-electron chi connectivity index (χ1n) is 25.0. The van der Waals surface area contributed by atoms with E-state index in [4.69, 9.17) is 0 Å². The fourth-order valence-electron chi connectivity index (χ4n) is 12.9. The molecule has 0 fully saturated rings. The third kappa shape index (κ3) is 5.40. The van der Waals surface area contributed by atoms with Crippen LogP contribution in [0.2, 0.25) is 0 Å². The fraction of sp³-hybridized carbons (Fsp3) is 0.0606. The Labute approximate surface area is 408 Å². The second-order valence-electron chi connectivity index (χ2n) is 19.5. The maximum Gasteiger partial charge on any atom is 0.0638 e. The van der Waals surface area contributed by atoms with E-state index in [1.807, 2.05) is 0 Å². The van der Waals surface area contributed by atoms with Crippen LogP contribution in [0, 0.1) is 0 Å². The van der Waals surface area contributed by atoms with Gasteiger partial charge in [-0.1, -0.05) is 140 Å². The number of hydrogen-bond donors (Lipinski definition) is 0. The quantitative estimate of drug-likeness (QED) is 0.164. The number of nitrogens with zero attached hydrogens (tertiary/aromatic N) is 5. The van der Waals surface area contributed by atoms with Crippen LogP contribution in [0.5, 0.6) is 0 Å². The van der Waals surface area contributed by atoms with Gasteiger partial charge in [-0.2, -0.15) is 0 Å². The summed E-state index contributed by atoms with van der Waals surface area (Å²) in [6.45, 7) is 0. The van der Waals surface area contributed by atoms with Crippen molar-refractivity contribution in [2.75, 3.05) is 0 Å². The molecule has 0 bridgehead atoms. The van der Waals surface area contributed by atoms with E-state index in [-0.39, 0.29) is 6.04 Å². The molecule has 5 nitrogen and oxygen atoms in total. The molecule has 5 heterocycles. The van der Waals surface area contributed by atoms with Crippen molar-refractivity contribution >= 4 is 110 Å². The molecule has 0 radical (unpaired) electrons. The van der Waals surface area contributed by atoms with Crippen LogP contribution in [0.25, 0.3) is 127 Å². The van der Waals surface area contributed by atoms with Crippen molar-refractivity contribution in [2.24, 2.45) is 0 Å². The topological polar surface area (TPSA) is 24.6 Å². The molecule has 0 amide bonds. The minimum atomic E-state index is 0.156. The van der Waals surface area contributed by atoms with E-state index in [1.54, 1.807) is 0 Å². The van der Waals surface area contributed by atoms with Gasteiger partial charge in [0.2, 0.25) is 0 Å². The Morgan fingerprint density at radius 1 is 0.352 bits per heavy atom. The highest BCUT2D eigenvalue weighted by Crippen LogP contribution is 2.45. The minimum Gasteiger partial charge on any atom is -0.333 e. The molecule has 16 rings (SSSR count). The number of fused-ring (bicyclic) bond motifs is 16. The molecule has 0 spiro atoms. The first-order chi connectivity index (χ1) is 35.3. The average molecular weight is 908 g/mol. The van der Waals surface area contributed by atoms with Crippen molar-refractivity contribution in [3.05, 3.63) is 236 Å². The predicted molar refractivity (Wildman–Crippen MR) is 299 cm³/mol. The summed E-state index contributed by atoms with van der Waals surface area (Å²) in [5, 5.41) is 11.4. The third-order valence-corrected chi connectivity index (χ3v) is 15.8. The van der Waals surface area contributed by atoms with E-state index in [9.17, 15) is 0 Å². The molecule has 0 saturated heterocycles. The van der Waals surface area contributed by atoms with E-state index in [2.05, 4.69) is 253 Å². The molecule has 2 aliphatic rings. The van der Waals surface area contributed by atoms with Gasteiger partial charge in [0.25, 0.3) is 0 Å². The molecule has 9 aromatic carbocycles. The number of benzene rings is 9. The molecule has 5 heteroatoms. The third-order valence-electron chi connectivity index (χ3n) is 15.8. The Bertz CT molecular complexity index is 4620. The van der Waals surface area contributed by atoms with Gasteiger partial charge in [0.1, 0.15) is 0 Å². The number of allylic oxidation sites excluding steroid dienone is 5. The summed E-state index contributed by atoms with van der Waals surface area (Å²) in [6.07, 6.45) is 14.9. The van der Waals surface area contributed by atoms with Crippen LogP contribution in [-0.2, 0) is 6.42 Å². The van der Waals surface area contributed by atoms with Gasteiger partial charge in [-0.15, -0.1) is 0 Å². The van der Waals surface area contributed by atoms with Crippen molar-refractivity contribution in [1.29, 1.82) is 0 Å². The number of rotatable bonds is 5. The van der Waals surface area contributed by atoms with Gasteiger partial charge >= 0.3 is 0 Å². The summed E-state index contributed by atoms with van der Waals surface area (Å²) in [6, 6.07) is 74.5. The number of hydrogen-bond acceptors (Lipinski definition) is 0. The van der Waals surface area contributed by atoms with Crippen molar-refractivity contribution < 1.29 is 0 Å². The largest absolute Gasteiger partial charge is 0.333 e. The van der Waals surface area contributed by atoms with Gasteiger partial charge in [0.05, 0.1) is 44.7 Å². The molecule has 0 N–H and O–H groups in total. The standard InChI is InChI=1S/C66H45N5/c1-2-18-42(19-3-1)67-58-32-12-7-27-50(58)54-41-64-55(40-63(54)67)51-28-8-13-33-59(51)70(64)45-22-17-23-46(39-45)71-60-34-14-6-26-49(60)52-36-37-62-65(66(52)71)53-29-9-15-35-61(53)69(62)44-21-16-20-43(38-44)68-56-30-10-4-24-47(56)48-25-5-11-31-57(48)68/h1-13,15-19,21-33,35-41,43H,14,20,34H2. The van der Waals surface area contributed by atoms with E-state index in [0.717, 1.165) is 24.9 Å². The molecule has 71 heavy (non-hydrogen) atoms. The van der Waals surface area contributed by atoms with Crippen molar-refractivity contribution in [1.82, 2.24) is 22.8 Å². The molecule has 1 atom stereocenters. The molecular weight excluding hydrogens is 863 g/mol. The Balaban J connectivity index is 0.926. The summed E-state index contributed by atoms with van der Waals surface area (Å²) in [5.74, 6) is 0. The highest BCUT2D eigenvalue weighted by Gasteiger charge is 2.27. The highest BCUT2D eigenvalue weighted by atomic mass is 15.1. The van der Waals surface area contributed by atoms with Gasteiger partial charge < -0.3 is 22.8 Å². The van der Waals surface area contributed by atoms with Crippen LogP contribution in [0.4, 0.5) is 0 Å². The van der Waals surface area contributed by atoms with Gasteiger partial charge in [-0.25, -0.2) is 0 Å². The minimum absolute atomic E-state index is 0.156. The van der Waals surface area contributed by atoms with Crippen LogP contribution in [-0.4, -0.2) is 22.8 Å². The van der Waals surface area contributed by atoms with Gasteiger partial charge in [-0.05, 0) is 110 Å². The zero-order valence-corrected chi connectivity index (χ0v) is 38.9. The molecule has 5 aromatic heterocycles. The molecule has 14 aromatic rings. The normalized spacial score (nSPS) is 15.0. The lowest BCUT2D eigenvalue weighted by Crippen LogP contribution is -2.10. The highest BCUT2D eigenvalue weighted by molar-refractivity contribution is 6.23. The maximum absolute atomic E-state index is 2.61. The van der Waals surface area contributed by atoms with E-state index in [0.29, 0.717) is 0 Å². The molecule has 2 aliphatic carbocycles. The molecule has 334 valence electrons. The lowest BCUT2D eigenvalue weighted by molar-refractivity contribution is 0.647. The lowest BCUT2D eigenvalue weighted by Gasteiger charge is -2.22. The summed E-state index contributed by atoms with van der Waals surface area (Å²) >= 11 is 0. The summed E-state index contributed by atoms with van der Waals surface area (Å²) < 4.78 is 12.6. The van der Waals surface area contributed by atoms with Crippen LogP contribution in [0.3, 0.4) is 0 Å². The second kappa shape index (κ2) is 14.7. The van der Waals surface area contributed by atoms with Crippen molar-refractivity contribution in [3.8, 4) is 17.1 Å². The Morgan fingerprint density at radius 3 is 1.55 bits per heavy atom. The van der Waals surface area contributed by atoms with Crippen molar-refractivity contribution in [2.45, 2.75) is 25.3 Å². The predicted octanol–water partition coefficient (Wildman–Crippen LogP) is 17.0. The average Bonchev–Trinajstić information content (AvgIpc) is 4.22. The fourth-order valence-corrected chi connectivity index (χ4v) is 12.9. The van der Waals surface area contributed by atoms with Gasteiger partial charge in [-0.3, -0.25) is 0 Å². The van der Waals surface area contributed by atoms with Crippen LogP contribution >= 0.6 is 0 Å². The van der Waals surface area contributed by atoms with Crippen LogP contribution in [0.15, 0.2) is 224 Å². The lowest BCUT2D eigenvalue weighted by atomic mass is 10.0. The Hall–Kier alpha value is -9.06. The monoisotopic (exact) mass is 907 g/mol. The summed E-state index contributed by atoms with van der Waals surface area (Å²) in [7, 11) is 0. The summed E-state index contributed by atoms with van der Waals surface area (Å²) in [5.41, 5.74) is 18.4. The zero-order valence-electron chi connectivity index (χ0n) is 38.9. The van der Waals surface area contributed by atoms with E-state index >= 15 is 0 Å². The zero-order chi connectivity index (χ0) is 46.3. The first-order valence-corrected chi connectivity index (χ1v) is 25.0. The Morgan fingerprint density at radius 2 is 0.887 bits per heavy atom. The molecule has 0 aliphatic heterocycles. The first kappa shape index (κ1) is 38.9. The van der Waals surface area contributed by atoms with E-state index in [1.165, 1.54) is 126 Å². The maximum atomic E-state index is 2.61. The van der Waals surface area contributed by atoms with Crippen LogP contribution < -0.4 is 0 Å². The summed E-state index contributed by atoms with van der Waals surface area (Å²) in [4.78, 5) is 0. The second-order valence-corrected chi connectivity index (χ2v) is 19.5. The van der Waals surface area contributed by atoms with E-state index < -0.39 is 0 Å². The Kier molecular flexibility index (Phi) is 8.06. The molecule has 0 saturated carbocycles.